The third kappa shape index (κ3) is 2.29. The van der Waals surface area contributed by atoms with Gasteiger partial charge in [-0.25, -0.2) is 4.79 Å². The molecule has 1 atom stereocenters. The minimum absolute atomic E-state index is 0.320. The molecule has 0 aromatic carbocycles. The molecule has 2 fully saturated rings. The Morgan fingerprint density at radius 3 is 2.77 bits per heavy atom. The maximum Gasteiger partial charge on any atom is 0.348 e. The number of halogens is 1. The van der Waals surface area contributed by atoms with Gasteiger partial charge in [0.15, 0.2) is 0 Å². The molecule has 3 heterocycles. The van der Waals surface area contributed by atoms with E-state index in [0.717, 1.165) is 19.6 Å². The number of hydrogen-bond acceptors (Lipinski definition) is 5. The first kappa shape index (κ1) is 13.8. The van der Waals surface area contributed by atoms with Gasteiger partial charge in [0.05, 0.1) is 0 Å². The highest BCUT2D eigenvalue weighted by atomic mass is 35.5. The van der Waals surface area contributed by atoms with E-state index in [9.17, 15) is 4.79 Å². The smallest absolute Gasteiger partial charge is 0.348 e. The van der Waals surface area contributed by atoms with E-state index in [2.05, 4.69) is 25.1 Å². The molecule has 1 N–H and O–H groups in total. The molecular formula is C14H17ClN6O. The van der Waals surface area contributed by atoms with Crippen LogP contribution >= 0.6 is 11.6 Å². The molecule has 0 radical (unpaired) electrons. The van der Waals surface area contributed by atoms with Crippen LogP contribution in [0.15, 0.2) is 23.5 Å². The van der Waals surface area contributed by atoms with E-state index in [0.29, 0.717) is 22.3 Å². The van der Waals surface area contributed by atoms with Crippen molar-refractivity contribution in [3.63, 3.8) is 0 Å². The fourth-order valence-electron chi connectivity index (χ4n) is 3.81. The molecule has 2 aromatic rings. The van der Waals surface area contributed by atoms with Crippen molar-refractivity contribution < 1.29 is 0 Å². The topological polar surface area (TPSA) is 79.7 Å². The summed E-state index contributed by atoms with van der Waals surface area (Å²) in [4.78, 5) is 20.3. The van der Waals surface area contributed by atoms with E-state index in [1.165, 1.54) is 19.3 Å². The zero-order chi connectivity index (χ0) is 15.2. The number of anilines is 1. The number of aromatic amines is 1. The van der Waals surface area contributed by atoms with Crippen LogP contribution in [0.3, 0.4) is 0 Å². The lowest BCUT2D eigenvalue weighted by atomic mass is 9.63. The normalized spacial score (nSPS) is 23.0. The number of nitrogens with one attached hydrogen (secondary N) is 1. The Bertz CT molecular complexity index is 723. The highest BCUT2D eigenvalue weighted by molar-refractivity contribution is 6.29. The molecule has 116 valence electrons. The van der Waals surface area contributed by atoms with E-state index < -0.39 is 5.69 Å². The van der Waals surface area contributed by atoms with Gasteiger partial charge in [0.2, 0.25) is 0 Å². The number of H-pyrrole nitrogens is 1. The van der Waals surface area contributed by atoms with Gasteiger partial charge in [-0.3, -0.25) is 4.98 Å². The van der Waals surface area contributed by atoms with Crippen molar-refractivity contribution in [3.8, 4) is 0 Å². The van der Waals surface area contributed by atoms with Gasteiger partial charge in [0.25, 0.3) is 0 Å². The summed E-state index contributed by atoms with van der Waals surface area (Å²) >= 11 is 5.96. The van der Waals surface area contributed by atoms with Crippen LogP contribution in [-0.2, 0) is 6.54 Å². The number of hydrogen-bond donors (Lipinski definition) is 1. The molecule has 8 heteroatoms. The third-order valence-corrected chi connectivity index (χ3v) is 5.29. The highest BCUT2D eigenvalue weighted by Crippen LogP contribution is 2.52. The van der Waals surface area contributed by atoms with Crippen LogP contribution in [0.2, 0.25) is 5.15 Å². The maximum absolute atomic E-state index is 11.6. The molecule has 1 aliphatic carbocycles. The predicted molar refractivity (Wildman–Crippen MR) is 81.9 cm³/mol. The second-order valence-corrected chi connectivity index (χ2v) is 6.75. The molecule has 2 aromatic heterocycles. The van der Waals surface area contributed by atoms with Gasteiger partial charge in [-0.05, 0) is 18.3 Å². The average molecular weight is 321 g/mol. The molecule has 4 rings (SSSR count). The van der Waals surface area contributed by atoms with E-state index >= 15 is 0 Å². The molecule has 1 saturated carbocycles. The zero-order valence-corrected chi connectivity index (χ0v) is 12.8. The van der Waals surface area contributed by atoms with Crippen LogP contribution in [-0.4, -0.2) is 37.8 Å². The van der Waals surface area contributed by atoms with Gasteiger partial charge in [0, 0.05) is 31.6 Å². The standard InChI is InChI=1S/C14H17ClN6O/c15-11-4-12(19-13(22)18-11)21-6-10(5-20-8-16-17-9-20)14(7-21)2-1-3-14/h4,8-10H,1-3,5-7H2,(H,18,19,22). The summed E-state index contributed by atoms with van der Waals surface area (Å²) in [5.41, 5.74) is -0.0754. The lowest BCUT2D eigenvalue weighted by Crippen LogP contribution is -2.39. The lowest BCUT2D eigenvalue weighted by Gasteiger charge is -2.42. The third-order valence-electron chi connectivity index (χ3n) is 5.08. The van der Waals surface area contributed by atoms with Crippen molar-refractivity contribution >= 4 is 17.4 Å². The van der Waals surface area contributed by atoms with Crippen LogP contribution in [0.25, 0.3) is 0 Å². The van der Waals surface area contributed by atoms with Crippen molar-refractivity contribution in [2.24, 2.45) is 11.3 Å². The van der Waals surface area contributed by atoms with Crippen molar-refractivity contribution in [1.29, 1.82) is 0 Å². The summed E-state index contributed by atoms with van der Waals surface area (Å²) in [5.74, 6) is 1.18. The van der Waals surface area contributed by atoms with Gasteiger partial charge in [-0.2, -0.15) is 4.98 Å². The van der Waals surface area contributed by atoms with Crippen LogP contribution < -0.4 is 10.6 Å². The minimum atomic E-state index is -0.396. The van der Waals surface area contributed by atoms with Gasteiger partial charge in [-0.15, -0.1) is 10.2 Å². The molecular weight excluding hydrogens is 304 g/mol. The fraction of sp³-hybridized carbons (Fsp3) is 0.571. The molecule has 1 saturated heterocycles. The number of rotatable bonds is 3. The molecule has 2 aliphatic rings. The first-order valence-corrected chi connectivity index (χ1v) is 7.87. The Morgan fingerprint density at radius 1 is 1.36 bits per heavy atom. The second kappa shape index (κ2) is 5.08. The Hall–Kier alpha value is -1.89. The van der Waals surface area contributed by atoms with Crippen LogP contribution in [0, 0.1) is 11.3 Å². The number of aromatic nitrogens is 5. The summed E-state index contributed by atoms with van der Waals surface area (Å²) in [5, 5.41) is 8.09. The summed E-state index contributed by atoms with van der Waals surface area (Å²) in [6.07, 6.45) is 7.26. The second-order valence-electron chi connectivity index (χ2n) is 6.34. The first-order valence-electron chi connectivity index (χ1n) is 7.49. The van der Waals surface area contributed by atoms with Gasteiger partial charge >= 0.3 is 5.69 Å². The van der Waals surface area contributed by atoms with Crippen LogP contribution in [0.1, 0.15) is 19.3 Å². The number of nitrogens with zero attached hydrogens (tertiary/aromatic N) is 5. The molecule has 1 spiro atoms. The maximum atomic E-state index is 11.6. The summed E-state index contributed by atoms with van der Waals surface area (Å²) in [7, 11) is 0. The van der Waals surface area contributed by atoms with E-state index in [4.69, 9.17) is 11.6 Å². The van der Waals surface area contributed by atoms with Crippen molar-refractivity contribution in [2.45, 2.75) is 25.8 Å². The van der Waals surface area contributed by atoms with Crippen molar-refractivity contribution in [1.82, 2.24) is 24.7 Å². The monoisotopic (exact) mass is 320 g/mol. The van der Waals surface area contributed by atoms with Gasteiger partial charge in [0.1, 0.15) is 23.6 Å². The molecule has 0 bridgehead atoms. The molecule has 7 nitrogen and oxygen atoms in total. The highest BCUT2D eigenvalue weighted by Gasteiger charge is 2.50. The van der Waals surface area contributed by atoms with Crippen LogP contribution in [0.4, 0.5) is 5.82 Å². The summed E-state index contributed by atoms with van der Waals surface area (Å²) < 4.78 is 2.03. The Kier molecular flexibility index (Phi) is 3.18. The Morgan fingerprint density at radius 2 is 2.14 bits per heavy atom. The Labute approximate surface area is 132 Å². The quantitative estimate of drug-likeness (QED) is 0.863. The van der Waals surface area contributed by atoms with Gasteiger partial charge in [-0.1, -0.05) is 18.0 Å². The fourth-order valence-corrected chi connectivity index (χ4v) is 3.98. The lowest BCUT2D eigenvalue weighted by molar-refractivity contribution is 0.0878. The zero-order valence-electron chi connectivity index (χ0n) is 12.1. The first-order chi connectivity index (χ1) is 10.6. The average Bonchev–Trinajstić information content (AvgIpc) is 3.04. The van der Waals surface area contributed by atoms with Crippen LogP contribution in [0.5, 0.6) is 0 Å². The SMILES string of the molecule is O=c1nc(N2CC(Cn3cnnc3)C3(CCC3)C2)cc(Cl)[nH]1. The largest absolute Gasteiger partial charge is 0.355 e. The molecule has 1 unspecified atom stereocenters. The molecule has 22 heavy (non-hydrogen) atoms. The van der Waals surface area contributed by atoms with Gasteiger partial charge < -0.3 is 9.47 Å². The Balaban J connectivity index is 1.60. The van der Waals surface area contributed by atoms with Crippen molar-refractivity contribution in [2.75, 3.05) is 18.0 Å². The predicted octanol–water partition coefficient (Wildman–Crippen LogP) is 1.32. The molecule has 0 amide bonds. The minimum Gasteiger partial charge on any atom is -0.355 e. The summed E-state index contributed by atoms with van der Waals surface area (Å²) in [6, 6.07) is 1.73. The van der Waals surface area contributed by atoms with E-state index in [1.54, 1.807) is 18.7 Å². The van der Waals surface area contributed by atoms with Crippen molar-refractivity contribution in [3.05, 3.63) is 34.4 Å². The molecule has 1 aliphatic heterocycles. The van der Waals surface area contributed by atoms with E-state index in [-0.39, 0.29) is 0 Å². The summed E-state index contributed by atoms with van der Waals surface area (Å²) in [6.45, 7) is 2.72. The van der Waals surface area contributed by atoms with E-state index in [1.807, 2.05) is 4.57 Å².